The fourth-order valence-electron chi connectivity index (χ4n) is 2.31. The van der Waals surface area contributed by atoms with Crippen LogP contribution in [-0.2, 0) is 0 Å². The van der Waals surface area contributed by atoms with Crippen molar-refractivity contribution < 1.29 is 5.11 Å². The van der Waals surface area contributed by atoms with Gasteiger partial charge in [0.1, 0.15) is 0 Å². The fraction of sp³-hybridized carbons (Fsp3) is 1.00. The first-order chi connectivity index (χ1) is 5.69. The second-order valence-electron chi connectivity index (χ2n) is 4.52. The van der Waals surface area contributed by atoms with Crippen LogP contribution in [-0.4, -0.2) is 11.2 Å². The van der Waals surface area contributed by atoms with Crippen LogP contribution in [0.4, 0.5) is 0 Å². The van der Waals surface area contributed by atoms with Crippen molar-refractivity contribution in [3.63, 3.8) is 0 Å². The lowest BCUT2D eigenvalue weighted by atomic mass is 9.71. The van der Waals surface area contributed by atoms with Crippen LogP contribution in [0, 0.1) is 5.41 Å². The molecule has 1 heteroatoms. The van der Waals surface area contributed by atoms with Crippen molar-refractivity contribution in [1.29, 1.82) is 0 Å². The molecule has 1 saturated carbocycles. The van der Waals surface area contributed by atoms with E-state index >= 15 is 0 Å². The lowest BCUT2D eigenvalue weighted by molar-refractivity contribution is 0.00389. The van der Waals surface area contributed by atoms with Crippen molar-refractivity contribution >= 4 is 0 Å². The summed E-state index contributed by atoms with van der Waals surface area (Å²) in [5, 5.41) is 9.93. The molecule has 0 aromatic rings. The number of aliphatic hydroxyl groups is 1. The summed E-state index contributed by atoms with van der Waals surface area (Å²) in [6.45, 7) is 4.40. The van der Waals surface area contributed by atoms with Crippen LogP contribution in [0.2, 0.25) is 0 Å². The molecule has 0 radical (unpaired) electrons. The molecule has 72 valence electrons. The van der Waals surface area contributed by atoms with Crippen LogP contribution in [0.15, 0.2) is 0 Å². The summed E-state index contributed by atoms with van der Waals surface area (Å²) in [6, 6.07) is 0. The molecule has 1 atom stereocenters. The van der Waals surface area contributed by atoms with Crippen LogP contribution in [0.5, 0.6) is 0 Å². The predicted octanol–water partition coefficient (Wildman–Crippen LogP) is 3.12. The van der Waals surface area contributed by atoms with Gasteiger partial charge in [-0.2, -0.15) is 0 Å². The van der Waals surface area contributed by atoms with Crippen molar-refractivity contribution in [1.82, 2.24) is 0 Å². The van der Waals surface area contributed by atoms with Gasteiger partial charge < -0.3 is 5.11 Å². The van der Waals surface area contributed by atoms with Crippen LogP contribution in [0.1, 0.15) is 58.8 Å². The molecule has 0 aromatic heterocycles. The van der Waals surface area contributed by atoms with Crippen molar-refractivity contribution in [2.45, 2.75) is 64.9 Å². The molecule has 0 aromatic carbocycles. The Bertz CT molecular complexity index is 125. The topological polar surface area (TPSA) is 20.2 Å². The Hall–Kier alpha value is -0.0400. The monoisotopic (exact) mass is 170 g/mol. The minimum atomic E-state index is -0.0530. The zero-order valence-electron chi connectivity index (χ0n) is 8.47. The maximum absolute atomic E-state index is 9.93. The number of aliphatic hydroxyl groups excluding tert-OH is 1. The van der Waals surface area contributed by atoms with Gasteiger partial charge >= 0.3 is 0 Å². The summed E-state index contributed by atoms with van der Waals surface area (Å²) in [5.74, 6) is 0. The summed E-state index contributed by atoms with van der Waals surface area (Å²) in [4.78, 5) is 0. The molecule has 1 N–H and O–H groups in total. The molecule has 1 nitrogen and oxygen atoms in total. The van der Waals surface area contributed by atoms with Gasteiger partial charge in [-0.25, -0.2) is 0 Å². The Morgan fingerprint density at radius 1 is 1.25 bits per heavy atom. The van der Waals surface area contributed by atoms with Gasteiger partial charge in [-0.15, -0.1) is 0 Å². The first-order valence-corrected chi connectivity index (χ1v) is 5.37. The van der Waals surface area contributed by atoms with E-state index in [9.17, 15) is 5.11 Å². The molecular formula is C11H22O. The molecule has 1 unspecified atom stereocenters. The minimum Gasteiger partial charge on any atom is -0.393 e. The van der Waals surface area contributed by atoms with Gasteiger partial charge in [0.2, 0.25) is 0 Å². The largest absolute Gasteiger partial charge is 0.393 e. The van der Waals surface area contributed by atoms with Gasteiger partial charge in [0.25, 0.3) is 0 Å². The average molecular weight is 170 g/mol. The second-order valence-corrected chi connectivity index (χ2v) is 4.52. The SMILES string of the molecule is CCCC(O)C1(C)CCCCC1. The van der Waals surface area contributed by atoms with Crippen molar-refractivity contribution in [3.8, 4) is 0 Å². The van der Waals surface area contributed by atoms with Gasteiger partial charge in [0, 0.05) is 0 Å². The number of rotatable bonds is 3. The van der Waals surface area contributed by atoms with Crippen molar-refractivity contribution in [2.75, 3.05) is 0 Å². The van der Waals surface area contributed by atoms with E-state index in [1.807, 2.05) is 0 Å². The highest BCUT2D eigenvalue weighted by Gasteiger charge is 2.33. The highest BCUT2D eigenvalue weighted by atomic mass is 16.3. The van der Waals surface area contributed by atoms with Gasteiger partial charge in [0.15, 0.2) is 0 Å². The zero-order chi connectivity index (χ0) is 9.03. The Kier molecular flexibility index (Phi) is 3.57. The highest BCUT2D eigenvalue weighted by molar-refractivity contribution is 4.84. The summed E-state index contributed by atoms with van der Waals surface area (Å²) in [5.41, 5.74) is 0.244. The van der Waals surface area contributed by atoms with Crippen LogP contribution >= 0.6 is 0 Å². The molecule has 1 rings (SSSR count). The van der Waals surface area contributed by atoms with E-state index < -0.39 is 0 Å². The maximum atomic E-state index is 9.93. The Labute approximate surface area is 76.2 Å². The van der Waals surface area contributed by atoms with Crippen molar-refractivity contribution in [2.24, 2.45) is 5.41 Å². The van der Waals surface area contributed by atoms with E-state index in [1.165, 1.54) is 32.1 Å². The molecule has 0 amide bonds. The number of hydrogen-bond acceptors (Lipinski definition) is 1. The highest BCUT2D eigenvalue weighted by Crippen LogP contribution is 2.39. The zero-order valence-corrected chi connectivity index (χ0v) is 8.47. The number of hydrogen-bond donors (Lipinski definition) is 1. The third-order valence-electron chi connectivity index (χ3n) is 3.36. The van der Waals surface area contributed by atoms with Crippen LogP contribution in [0.3, 0.4) is 0 Å². The lowest BCUT2D eigenvalue weighted by Gasteiger charge is -2.37. The molecule has 1 aliphatic carbocycles. The fourth-order valence-corrected chi connectivity index (χ4v) is 2.31. The first-order valence-electron chi connectivity index (χ1n) is 5.37. The van der Waals surface area contributed by atoms with Gasteiger partial charge in [-0.05, 0) is 24.7 Å². The summed E-state index contributed by atoms with van der Waals surface area (Å²) >= 11 is 0. The average Bonchev–Trinajstić information content (AvgIpc) is 2.06. The quantitative estimate of drug-likeness (QED) is 0.690. The molecule has 0 spiro atoms. The minimum absolute atomic E-state index is 0.0530. The normalized spacial score (nSPS) is 25.2. The summed E-state index contributed by atoms with van der Waals surface area (Å²) < 4.78 is 0. The van der Waals surface area contributed by atoms with E-state index in [0.29, 0.717) is 0 Å². The van der Waals surface area contributed by atoms with Gasteiger partial charge in [-0.3, -0.25) is 0 Å². The lowest BCUT2D eigenvalue weighted by Crippen LogP contribution is -2.34. The third kappa shape index (κ3) is 2.22. The maximum Gasteiger partial charge on any atom is 0.0593 e. The van der Waals surface area contributed by atoms with Crippen LogP contribution < -0.4 is 0 Å². The summed E-state index contributed by atoms with van der Waals surface area (Å²) in [6.07, 6.45) is 8.50. The molecule has 0 bridgehead atoms. The van der Waals surface area contributed by atoms with Gasteiger partial charge in [-0.1, -0.05) is 39.5 Å². The Morgan fingerprint density at radius 3 is 2.33 bits per heavy atom. The third-order valence-corrected chi connectivity index (χ3v) is 3.36. The standard InChI is InChI=1S/C11H22O/c1-3-7-10(12)11(2)8-5-4-6-9-11/h10,12H,3-9H2,1-2H3. The van der Waals surface area contributed by atoms with Gasteiger partial charge in [0.05, 0.1) is 6.10 Å². The Morgan fingerprint density at radius 2 is 1.83 bits per heavy atom. The molecule has 1 fully saturated rings. The molecule has 0 heterocycles. The molecule has 1 aliphatic rings. The molecular weight excluding hydrogens is 148 g/mol. The summed E-state index contributed by atoms with van der Waals surface area (Å²) in [7, 11) is 0. The van der Waals surface area contributed by atoms with E-state index in [1.54, 1.807) is 0 Å². The van der Waals surface area contributed by atoms with Crippen molar-refractivity contribution in [3.05, 3.63) is 0 Å². The van der Waals surface area contributed by atoms with E-state index in [4.69, 9.17) is 0 Å². The molecule has 12 heavy (non-hydrogen) atoms. The predicted molar refractivity (Wildman–Crippen MR) is 52.1 cm³/mol. The van der Waals surface area contributed by atoms with Crippen LogP contribution in [0.25, 0.3) is 0 Å². The first kappa shape index (κ1) is 10.0. The second kappa shape index (κ2) is 4.27. The smallest absolute Gasteiger partial charge is 0.0593 e. The molecule has 0 saturated heterocycles. The van der Waals surface area contributed by atoms with E-state index in [0.717, 1.165) is 12.8 Å². The molecule has 0 aliphatic heterocycles. The van der Waals surface area contributed by atoms with E-state index in [-0.39, 0.29) is 11.5 Å². The Balaban J connectivity index is 2.44. The van der Waals surface area contributed by atoms with E-state index in [2.05, 4.69) is 13.8 Å².